The summed E-state index contributed by atoms with van der Waals surface area (Å²) >= 11 is 1.49. The second-order valence-corrected chi connectivity index (χ2v) is 7.79. The number of carbonyl (C=O) groups is 2. The van der Waals surface area contributed by atoms with E-state index < -0.39 is 12.0 Å². The molecule has 1 amide bonds. The second-order valence-electron chi connectivity index (χ2n) is 7.07. The summed E-state index contributed by atoms with van der Waals surface area (Å²) in [6, 6.07) is 7.25. The van der Waals surface area contributed by atoms with Gasteiger partial charge in [-0.05, 0) is 23.0 Å². The monoisotopic (exact) mass is 360 g/mol. The number of nitrogens with zero attached hydrogens (tertiary/aromatic N) is 1. The Morgan fingerprint density at radius 1 is 1.24 bits per heavy atom. The molecule has 1 atom stereocenters. The Morgan fingerprint density at radius 3 is 2.44 bits per heavy atom. The number of nitrogens with one attached hydrogen (secondary N) is 1. The van der Waals surface area contributed by atoms with Gasteiger partial charge in [0.15, 0.2) is 0 Å². The minimum absolute atomic E-state index is 0.0254. The van der Waals surface area contributed by atoms with E-state index in [-0.39, 0.29) is 17.7 Å². The maximum absolute atomic E-state index is 12.2. The van der Waals surface area contributed by atoms with Crippen LogP contribution in [0, 0.1) is 0 Å². The number of carbonyl (C=O) groups excluding carboxylic acids is 1. The molecule has 1 unspecified atom stereocenters. The van der Waals surface area contributed by atoms with Gasteiger partial charge < -0.3 is 10.4 Å². The number of hydrogen-bond donors (Lipinski definition) is 2. The van der Waals surface area contributed by atoms with Crippen LogP contribution in [0.15, 0.2) is 35.2 Å². The van der Waals surface area contributed by atoms with Gasteiger partial charge in [-0.2, -0.15) is 0 Å². The standard InChI is InChI=1S/C19H24N2O3S/c1-19(2,3)14-6-4-13(5-7-14)16(10-18(23)24)21-17(22)9-8-15-11-25-12-20-15/h4-7,11-12,16H,8-10H2,1-3H3,(H,21,22)(H,23,24). The number of amides is 1. The summed E-state index contributed by atoms with van der Waals surface area (Å²) in [5, 5.41) is 13.9. The molecule has 2 N–H and O–H groups in total. The fourth-order valence-electron chi connectivity index (χ4n) is 2.51. The van der Waals surface area contributed by atoms with E-state index in [0.29, 0.717) is 12.8 Å². The van der Waals surface area contributed by atoms with Crippen LogP contribution in [0.25, 0.3) is 0 Å². The van der Waals surface area contributed by atoms with Gasteiger partial charge in [-0.1, -0.05) is 45.0 Å². The van der Waals surface area contributed by atoms with E-state index in [1.165, 1.54) is 16.9 Å². The molecular formula is C19H24N2O3S. The average molecular weight is 360 g/mol. The lowest BCUT2D eigenvalue weighted by atomic mass is 9.86. The number of aryl methyl sites for hydroxylation is 1. The van der Waals surface area contributed by atoms with Crippen molar-refractivity contribution in [2.75, 3.05) is 0 Å². The van der Waals surface area contributed by atoms with Crippen molar-refractivity contribution >= 4 is 23.2 Å². The number of rotatable bonds is 7. The first-order chi connectivity index (χ1) is 11.8. The summed E-state index contributed by atoms with van der Waals surface area (Å²) in [6.45, 7) is 6.37. The third-order valence-corrected chi connectivity index (χ3v) is 4.62. The van der Waals surface area contributed by atoms with Crippen molar-refractivity contribution in [3.05, 3.63) is 52.0 Å². The summed E-state index contributed by atoms with van der Waals surface area (Å²) in [5.74, 6) is -1.11. The highest BCUT2D eigenvalue weighted by Gasteiger charge is 2.20. The third kappa shape index (κ3) is 5.98. The number of aliphatic carboxylic acids is 1. The first kappa shape index (κ1) is 19.1. The molecule has 0 aliphatic rings. The molecule has 0 aliphatic heterocycles. The predicted molar refractivity (Wildman–Crippen MR) is 98.7 cm³/mol. The van der Waals surface area contributed by atoms with Crippen LogP contribution in [0.5, 0.6) is 0 Å². The molecule has 5 nitrogen and oxygen atoms in total. The van der Waals surface area contributed by atoms with Crippen molar-refractivity contribution in [2.45, 2.75) is 51.5 Å². The van der Waals surface area contributed by atoms with Crippen molar-refractivity contribution in [3.63, 3.8) is 0 Å². The number of hydrogen-bond acceptors (Lipinski definition) is 4. The molecule has 25 heavy (non-hydrogen) atoms. The smallest absolute Gasteiger partial charge is 0.305 e. The Hall–Kier alpha value is -2.21. The lowest BCUT2D eigenvalue weighted by Crippen LogP contribution is -2.30. The van der Waals surface area contributed by atoms with Crippen molar-refractivity contribution in [2.24, 2.45) is 0 Å². The molecule has 134 valence electrons. The normalized spacial score (nSPS) is 12.6. The maximum atomic E-state index is 12.2. The van der Waals surface area contributed by atoms with E-state index >= 15 is 0 Å². The molecule has 1 heterocycles. The van der Waals surface area contributed by atoms with E-state index in [0.717, 1.165) is 11.3 Å². The van der Waals surface area contributed by atoms with Gasteiger partial charge in [0.2, 0.25) is 5.91 Å². The highest BCUT2D eigenvalue weighted by molar-refractivity contribution is 7.07. The zero-order valence-electron chi connectivity index (χ0n) is 14.8. The Balaban J connectivity index is 2.04. The van der Waals surface area contributed by atoms with Crippen molar-refractivity contribution < 1.29 is 14.7 Å². The van der Waals surface area contributed by atoms with Gasteiger partial charge >= 0.3 is 5.97 Å². The van der Waals surface area contributed by atoms with Crippen LogP contribution in [0.3, 0.4) is 0 Å². The van der Waals surface area contributed by atoms with Crippen molar-refractivity contribution in [1.29, 1.82) is 0 Å². The SMILES string of the molecule is CC(C)(C)c1ccc(C(CC(=O)O)NC(=O)CCc2cscn2)cc1. The van der Waals surface area contributed by atoms with Gasteiger partial charge in [0.05, 0.1) is 23.7 Å². The zero-order valence-corrected chi connectivity index (χ0v) is 15.6. The van der Waals surface area contributed by atoms with Gasteiger partial charge in [0.25, 0.3) is 0 Å². The van der Waals surface area contributed by atoms with E-state index in [1.54, 1.807) is 5.51 Å². The Bertz CT molecular complexity index is 703. The highest BCUT2D eigenvalue weighted by Crippen LogP contribution is 2.25. The molecule has 0 spiro atoms. The fourth-order valence-corrected chi connectivity index (χ4v) is 3.10. The number of aromatic nitrogens is 1. The van der Waals surface area contributed by atoms with Gasteiger partial charge in [-0.15, -0.1) is 11.3 Å². The van der Waals surface area contributed by atoms with E-state index in [1.807, 2.05) is 29.6 Å². The molecule has 0 aliphatic carbocycles. The van der Waals surface area contributed by atoms with Gasteiger partial charge in [-0.25, -0.2) is 4.98 Å². The lowest BCUT2D eigenvalue weighted by Gasteiger charge is -2.22. The molecule has 1 aromatic heterocycles. The summed E-state index contributed by atoms with van der Waals surface area (Å²) in [7, 11) is 0. The number of carboxylic acids is 1. The van der Waals surface area contributed by atoms with E-state index in [9.17, 15) is 9.59 Å². The molecule has 6 heteroatoms. The lowest BCUT2D eigenvalue weighted by molar-refractivity contribution is -0.137. The van der Waals surface area contributed by atoms with Gasteiger partial charge in [0, 0.05) is 11.8 Å². The molecule has 0 bridgehead atoms. The van der Waals surface area contributed by atoms with Gasteiger partial charge in [0.1, 0.15) is 0 Å². The zero-order chi connectivity index (χ0) is 18.4. The van der Waals surface area contributed by atoms with Crippen molar-refractivity contribution in [3.8, 4) is 0 Å². The molecule has 1 aromatic carbocycles. The Labute approximate surface area is 152 Å². The third-order valence-electron chi connectivity index (χ3n) is 3.98. The summed E-state index contributed by atoms with van der Waals surface area (Å²) in [5.41, 5.74) is 4.61. The topological polar surface area (TPSA) is 79.3 Å². The van der Waals surface area contributed by atoms with Crippen LogP contribution in [0.1, 0.15) is 56.5 Å². The maximum Gasteiger partial charge on any atom is 0.305 e. The van der Waals surface area contributed by atoms with Crippen LogP contribution < -0.4 is 5.32 Å². The largest absolute Gasteiger partial charge is 0.481 e. The van der Waals surface area contributed by atoms with Crippen LogP contribution in [-0.2, 0) is 21.4 Å². The van der Waals surface area contributed by atoms with Gasteiger partial charge in [-0.3, -0.25) is 9.59 Å². The highest BCUT2D eigenvalue weighted by atomic mass is 32.1. The molecule has 0 fully saturated rings. The van der Waals surface area contributed by atoms with E-state index in [4.69, 9.17) is 5.11 Å². The molecule has 0 radical (unpaired) electrons. The second kappa shape index (κ2) is 8.25. The quantitative estimate of drug-likeness (QED) is 0.789. The first-order valence-corrected chi connectivity index (χ1v) is 9.18. The summed E-state index contributed by atoms with van der Waals surface area (Å²) in [6.07, 6.45) is 0.704. The number of carboxylic acid groups (broad SMARTS) is 1. The molecule has 0 saturated heterocycles. The molecular weight excluding hydrogens is 336 g/mol. The van der Waals surface area contributed by atoms with Crippen molar-refractivity contribution in [1.82, 2.24) is 10.3 Å². The molecule has 2 aromatic rings. The molecule has 0 saturated carbocycles. The van der Waals surface area contributed by atoms with Crippen LogP contribution >= 0.6 is 11.3 Å². The van der Waals surface area contributed by atoms with Crippen LogP contribution in [-0.4, -0.2) is 22.0 Å². The Kier molecular flexibility index (Phi) is 6.31. The molecule has 2 rings (SSSR count). The minimum atomic E-state index is -0.940. The Morgan fingerprint density at radius 2 is 1.92 bits per heavy atom. The predicted octanol–water partition coefficient (Wildman–Crippen LogP) is 3.71. The van der Waals surface area contributed by atoms with E-state index in [2.05, 4.69) is 31.1 Å². The van der Waals surface area contributed by atoms with Crippen LogP contribution in [0.2, 0.25) is 0 Å². The number of benzene rings is 1. The summed E-state index contributed by atoms with van der Waals surface area (Å²) in [4.78, 5) is 27.5. The average Bonchev–Trinajstić information content (AvgIpc) is 3.04. The fraction of sp³-hybridized carbons (Fsp3) is 0.421. The summed E-state index contributed by atoms with van der Waals surface area (Å²) < 4.78 is 0. The number of thiazole rings is 1. The minimum Gasteiger partial charge on any atom is -0.481 e. The first-order valence-electron chi connectivity index (χ1n) is 8.24. The van der Waals surface area contributed by atoms with Crippen LogP contribution in [0.4, 0.5) is 0 Å².